The minimum Gasteiger partial charge on any atom is -0.418 e. The van der Waals surface area contributed by atoms with Gasteiger partial charge in [0.2, 0.25) is 5.71 Å². The van der Waals surface area contributed by atoms with Crippen molar-refractivity contribution in [3.63, 3.8) is 0 Å². The maximum Gasteiger partial charge on any atom is 0.448 e. The lowest BCUT2D eigenvalue weighted by Crippen LogP contribution is -2.36. The number of alkyl halides is 2. The lowest BCUT2D eigenvalue weighted by molar-refractivity contribution is -0.110. The minimum absolute atomic E-state index is 0.0136. The maximum atomic E-state index is 14.4. The van der Waals surface area contributed by atoms with Gasteiger partial charge in [-0.1, -0.05) is 35.5 Å². The van der Waals surface area contributed by atoms with Gasteiger partial charge >= 0.3 is 16.2 Å². The summed E-state index contributed by atoms with van der Waals surface area (Å²) in [5.74, 6) is -0.393. The van der Waals surface area contributed by atoms with Gasteiger partial charge in [0.15, 0.2) is 5.06 Å². The Morgan fingerprint density at radius 2 is 1.91 bits per heavy atom. The van der Waals surface area contributed by atoms with Crippen LogP contribution in [-0.2, 0) is 14.4 Å². The molecule has 0 radical (unpaired) electrons. The van der Waals surface area contributed by atoms with E-state index in [0.717, 1.165) is 11.3 Å². The van der Waals surface area contributed by atoms with Crippen molar-refractivity contribution >= 4 is 27.2 Å². The molecule has 1 aromatic carbocycles. The minimum atomic E-state index is -4.02. The zero-order valence-electron chi connectivity index (χ0n) is 12.0. The Labute approximate surface area is 136 Å². The van der Waals surface area contributed by atoms with E-state index in [-0.39, 0.29) is 10.6 Å². The molecule has 0 amide bonds. The Morgan fingerprint density at radius 1 is 1.22 bits per heavy atom. The lowest BCUT2D eigenvalue weighted by atomic mass is 10.1. The molecule has 0 aliphatic rings. The number of hydrogen-bond acceptors (Lipinski definition) is 6. The zero-order chi connectivity index (χ0) is 16.9. The monoisotopic (exact) mass is 361 g/mol. The summed E-state index contributed by atoms with van der Waals surface area (Å²) < 4.78 is 60.5. The van der Waals surface area contributed by atoms with Crippen LogP contribution >= 0.6 is 11.3 Å². The van der Waals surface area contributed by atoms with Gasteiger partial charge in [0.05, 0.1) is 5.75 Å². The molecule has 124 valence electrons. The fourth-order valence-corrected chi connectivity index (χ4v) is 2.41. The average molecular weight is 361 g/mol. The van der Waals surface area contributed by atoms with Gasteiger partial charge in [-0.15, -0.1) is 11.3 Å². The summed E-state index contributed by atoms with van der Waals surface area (Å²) in [5.41, 5.74) is -0.941. The van der Waals surface area contributed by atoms with Crippen LogP contribution in [-0.4, -0.2) is 26.0 Å². The van der Waals surface area contributed by atoms with Crippen molar-refractivity contribution in [3.8, 4) is 5.06 Å². The number of oxime groups is 1. The average Bonchev–Trinajstić information content (AvgIpc) is 3.00. The van der Waals surface area contributed by atoms with E-state index in [1.807, 2.05) is 0 Å². The third kappa shape index (κ3) is 4.73. The summed E-state index contributed by atoms with van der Waals surface area (Å²) in [6.45, 7) is 1.31. The van der Waals surface area contributed by atoms with Gasteiger partial charge in [-0.25, -0.2) is 0 Å². The van der Waals surface area contributed by atoms with Gasteiger partial charge in [0, 0.05) is 5.56 Å². The predicted octanol–water partition coefficient (Wildman–Crippen LogP) is 3.49. The number of benzene rings is 1. The topological polar surface area (TPSA) is 65.0 Å². The molecule has 0 unspecified atom stereocenters. The quantitative estimate of drug-likeness (QED) is 0.559. The molecule has 5 nitrogen and oxygen atoms in total. The molecule has 1 heterocycles. The first-order chi connectivity index (χ1) is 10.8. The van der Waals surface area contributed by atoms with Gasteiger partial charge < -0.3 is 4.74 Å². The number of nitrogens with zero attached hydrogens (tertiary/aromatic N) is 1. The van der Waals surface area contributed by atoms with Gasteiger partial charge in [0.1, 0.15) is 0 Å². The number of halogens is 2. The molecule has 0 bridgehead atoms. The highest BCUT2D eigenvalue weighted by Gasteiger charge is 2.42. The van der Waals surface area contributed by atoms with Crippen molar-refractivity contribution < 1.29 is 26.2 Å². The van der Waals surface area contributed by atoms with E-state index in [1.165, 1.54) is 37.3 Å². The summed E-state index contributed by atoms with van der Waals surface area (Å²) in [6.07, 6.45) is -3.87. The second-order valence-corrected chi connectivity index (χ2v) is 7.03. The van der Waals surface area contributed by atoms with Crippen LogP contribution in [0, 0.1) is 0 Å². The number of hydrogen-bond donors (Lipinski definition) is 0. The smallest absolute Gasteiger partial charge is 0.418 e. The standard InChI is InChI=1S/C14H13F2NO4S2/c1-2-23(18,19)21-17-13(11-7-4-3-5-8-11)14(15,16)20-12-9-6-10-22-12/h3-10H,2H2,1H3. The fourth-order valence-electron chi connectivity index (χ4n) is 1.51. The van der Waals surface area contributed by atoms with Crippen LogP contribution in [0.4, 0.5) is 8.78 Å². The summed E-state index contributed by atoms with van der Waals surface area (Å²) in [6, 6.07) is 10.3. The molecule has 1 aromatic heterocycles. The zero-order valence-corrected chi connectivity index (χ0v) is 13.6. The van der Waals surface area contributed by atoms with Gasteiger partial charge in [0.25, 0.3) is 0 Å². The first-order valence-corrected chi connectivity index (χ1v) is 8.95. The first kappa shape index (κ1) is 17.4. The second kappa shape index (κ2) is 7.05. The van der Waals surface area contributed by atoms with Crippen LogP contribution in [0.1, 0.15) is 12.5 Å². The molecule has 0 saturated heterocycles. The van der Waals surface area contributed by atoms with Crippen LogP contribution < -0.4 is 4.74 Å². The highest BCUT2D eigenvalue weighted by molar-refractivity contribution is 7.86. The molecule has 0 fully saturated rings. The Hall–Kier alpha value is -2.00. The van der Waals surface area contributed by atoms with Gasteiger partial charge in [-0.2, -0.15) is 17.2 Å². The molecule has 0 spiro atoms. The van der Waals surface area contributed by atoms with Crippen molar-refractivity contribution in [2.45, 2.75) is 13.0 Å². The molecule has 2 aromatic rings. The Kier molecular flexibility index (Phi) is 5.32. The Balaban J connectivity index is 2.38. The third-order valence-electron chi connectivity index (χ3n) is 2.64. The second-order valence-electron chi connectivity index (χ2n) is 4.28. The molecule has 23 heavy (non-hydrogen) atoms. The predicted molar refractivity (Wildman–Crippen MR) is 83.4 cm³/mol. The van der Waals surface area contributed by atoms with Crippen LogP contribution in [0.2, 0.25) is 0 Å². The van der Waals surface area contributed by atoms with Crippen molar-refractivity contribution in [3.05, 3.63) is 53.4 Å². The molecule has 0 N–H and O–H groups in total. The first-order valence-electron chi connectivity index (χ1n) is 6.49. The number of rotatable bonds is 7. The van der Waals surface area contributed by atoms with Gasteiger partial charge in [-0.05, 0) is 24.4 Å². The van der Waals surface area contributed by atoms with Crippen molar-refractivity contribution in [1.82, 2.24) is 0 Å². The third-order valence-corrected chi connectivity index (χ3v) is 4.40. The van der Waals surface area contributed by atoms with E-state index in [0.29, 0.717) is 0 Å². The molecular formula is C14H13F2NO4S2. The summed E-state index contributed by atoms with van der Waals surface area (Å²) in [7, 11) is -4.02. The van der Waals surface area contributed by atoms with Crippen LogP contribution in [0.15, 0.2) is 53.0 Å². The SMILES string of the molecule is CCS(=O)(=O)ON=C(c1ccccc1)C(F)(F)Oc1cccs1. The van der Waals surface area contributed by atoms with Crippen molar-refractivity contribution in [2.75, 3.05) is 5.75 Å². The highest BCUT2D eigenvalue weighted by atomic mass is 32.2. The Morgan fingerprint density at radius 3 is 2.48 bits per heavy atom. The summed E-state index contributed by atoms with van der Waals surface area (Å²) in [4.78, 5) is 0. The number of thiophene rings is 1. The summed E-state index contributed by atoms with van der Waals surface area (Å²) in [5, 5.41) is 4.69. The van der Waals surface area contributed by atoms with E-state index >= 15 is 0 Å². The van der Waals surface area contributed by atoms with Crippen LogP contribution in [0.5, 0.6) is 5.06 Å². The van der Waals surface area contributed by atoms with E-state index in [9.17, 15) is 17.2 Å². The normalized spacial score (nSPS) is 12.9. The molecule has 0 aliphatic heterocycles. The van der Waals surface area contributed by atoms with Crippen molar-refractivity contribution in [2.24, 2.45) is 5.16 Å². The van der Waals surface area contributed by atoms with Crippen LogP contribution in [0.25, 0.3) is 0 Å². The molecule has 0 atom stereocenters. The number of ether oxygens (including phenoxy) is 1. The highest BCUT2D eigenvalue weighted by Crippen LogP contribution is 2.29. The van der Waals surface area contributed by atoms with E-state index < -0.39 is 27.7 Å². The van der Waals surface area contributed by atoms with E-state index in [4.69, 9.17) is 0 Å². The van der Waals surface area contributed by atoms with E-state index in [2.05, 4.69) is 14.2 Å². The summed E-state index contributed by atoms with van der Waals surface area (Å²) >= 11 is 0.974. The van der Waals surface area contributed by atoms with Crippen LogP contribution in [0.3, 0.4) is 0 Å². The maximum absolute atomic E-state index is 14.4. The Bertz CT molecular complexity index is 759. The lowest BCUT2D eigenvalue weighted by Gasteiger charge is -2.18. The van der Waals surface area contributed by atoms with E-state index in [1.54, 1.807) is 17.5 Å². The van der Waals surface area contributed by atoms with Gasteiger partial charge in [-0.3, -0.25) is 4.28 Å². The molecule has 9 heteroatoms. The molecule has 0 aliphatic carbocycles. The molecular weight excluding hydrogens is 348 g/mol. The molecule has 2 rings (SSSR count). The van der Waals surface area contributed by atoms with Crippen molar-refractivity contribution in [1.29, 1.82) is 0 Å². The largest absolute Gasteiger partial charge is 0.448 e. The molecule has 0 saturated carbocycles. The fraction of sp³-hybridized carbons (Fsp3) is 0.214.